The first kappa shape index (κ1) is 28.2. The molecule has 1 N–H and O–H groups in total. The second kappa shape index (κ2) is 11.9. The van der Waals surface area contributed by atoms with Gasteiger partial charge >= 0.3 is 0 Å². The number of sulfonamides is 1. The number of fused-ring (bicyclic) bond motifs is 1. The largest absolute Gasteiger partial charge is 0.396 e. The van der Waals surface area contributed by atoms with Gasteiger partial charge in [-0.05, 0) is 65.9 Å². The zero-order valence-electron chi connectivity index (χ0n) is 22.5. The van der Waals surface area contributed by atoms with Crippen LogP contribution in [0.4, 0.5) is 5.69 Å². The average molecular weight is 547 g/mol. The van der Waals surface area contributed by atoms with Crippen LogP contribution in [-0.4, -0.2) is 54.0 Å². The average Bonchev–Trinajstić information content (AvgIpc) is 2.93. The topological polar surface area (TPSA) is 104 Å². The van der Waals surface area contributed by atoms with Crippen molar-refractivity contribution in [3.05, 3.63) is 96.4 Å². The van der Waals surface area contributed by atoms with Crippen molar-refractivity contribution in [1.82, 2.24) is 14.9 Å². The third-order valence-corrected chi connectivity index (χ3v) is 8.27. The number of aromatic nitrogens is 2. The smallest absolute Gasteiger partial charge is 0.264 e. The van der Waals surface area contributed by atoms with E-state index < -0.39 is 22.5 Å². The van der Waals surface area contributed by atoms with Crippen molar-refractivity contribution >= 4 is 32.5 Å². The maximum absolute atomic E-state index is 14.0. The minimum Gasteiger partial charge on any atom is -0.396 e. The molecule has 0 aliphatic carbocycles. The van der Waals surface area contributed by atoms with Crippen LogP contribution in [0.15, 0.2) is 90.1 Å². The van der Waals surface area contributed by atoms with Gasteiger partial charge in [0, 0.05) is 30.9 Å². The molecule has 2 aromatic carbocycles. The molecular formula is C30H34N4O4S. The van der Waals surface area contributed by atoms with E-state index in [1.165, 1.54) is 4.90 Å². The maximum atomic E-state index is 14.0. The molecule has 0 bridgehead atoms. The second-order valence-electron chi connectivity index (χ2n) is 10.4. The summed E-state index contributed by atoms with van der Waals surface area (Å²) in [6.45, 7) is 6.16. The van der Waals surface area contributed by atoms with Gasteiger partial charge in [0.15, 0.2) is 0 Å². The summed E-state index contributed by atoms with van der Waals surface area (Å²) in [5.41, 5.74) is 2.63. The van der Waals surface area contributed by atoms with E-state index >= 15 is 0 Å². The summed E-state index contributed by atoms with van der Waals surface area (Å²) in [6.07, 6.45) is 3.68. The molecule has 39 heavy (non-hydrogen) atoms. The van der Waals surface area contributed by atoms with E-state index in [1.54, 1.807) is 60.9 Å². The van der Waals surface area contributed by atoms with E-state index in [1.807, 2.05) is 24.3 Å². The molecule has 2 heterocycles. The van der Waals surface area contributed by atoms with Gasteiger partial charge in [0.05, 0.1) is 28.3 Å². The van der Waals surface area contributed by atoms with Gasteiger partial charge in [0.1, 0.15) is 6.54 Å². The van der Waals surface area contributed by atoms with Gasteiger partial charge in [-0.1, -0.05) is 45.0 Å². The molecule has 204 valence electrons. The summed E-state index contributed by atoms with van der Waals surface area (Å²) in [5.74, 6) is -0.393. The summed E-state index contributed by atoms with van der Waals surface area (Å²) in [5, 5.41) is 10.2. The number of aliphatic hydroxyl groups is 1. The number of hydrogen-bond acceptors (Lipinski definition) is 6. The number of rotatable bonds is 10. The van der Waals surface area contributed by atoms with Crippen LogP contribution in [0, 0.1) is 0 Å². The number of pyridine rings is 2. The molecular weight excluding hydrogens is 512 g/mol. The second-order valence-corrected chi connectivity index (χ2v) is 12.2. The molecule has 0 spiro atoms. The van der Waals surface area contributed by atoms with Crippen LogP contribution in [0.3, 0.4) is 0 Å². The van der Waals surface area contributed by atoms with E-state index in [0.29, 0.717) is 17.8 Å². The van der Waals surface area contributed by atoms with Gasteiger partial charge in [0.2, 0.25) is 5.91 Å². The van der Waals surface area contributed by atoms with E-state index in [0.717, 1.165) is 20.8 Å². The third-order valence-electron chi connectivity index (χ3n) is 6.48. The molecule has 0 unspecified atom stereocenters. The fourth-order valence-corrected chi connectivity index (χ4v) is 5.66. The van der Waals surface area contributed by atoms with Crippen LogP contribution in [0.1, 0.15) is 38.4 Å². The standard InChI is InChI=1S/C30H34N4O4S/c1-30(2,3)24-10-13-27(14-11-24)39(37,38)34(26-12-15-28-23(20-26)8-6-17-32-28)22-29(36)33(18-7-19-35)21-25-9-4-5-16-31-25/h4-6,8-17,20,35H,7,18-19,21-22H2,1-3H3. The van der Waals surface area contributed by atoms with Gasteiger partial charge in [-0.25, -0.2) is 8.42 Å². The Balaban J connectivity index is 1.73. The molecule has 0 saturated carbocycles. The highest BCUT2D eigenvalue weighted by Crippen LogP contribution is 2.29. The first-order valence-electron chi connectivity index (χ1n) is 12.9. The predicted molar refractivity (Wildman–Crippen MR) is 153 cm³/mol. The summed E-state index contributed by atoms with van der Waals surface area (Å²) in [6, 6.07) is 21.0. The van der Waals surface area contributed by atoms with Gasteiger partial charge in [0.25, 0.3) is 10.0 Å². The molecule has 4 aromatic rings. The Hall–Kier alpha value is -3.82. The summed E-state index contributed by atoms with van der Waals surface area (Å²) >= 11 is 0. The summed E-state index contributed by atoms with van der Waals surface area (Å²) in [7, 11) is -4.11. The Kier molecular flexibility index (Phi) is 8.62. The number of nitrogens with zero attached hydrogens (tertiary/aromatic N) is 4. The molecule has 4 rings (SSSR count). The monoisotopic (exact) mass is 546 g/mol. The van der Waals surface area contributed by atoms with Gasteiger partial charge in [-0.2, -0.15) is 0 Å². The van der Waals surface area contributed by atoms with Crippen LogP contribution in [-0.2, 0) is 26.8 Å². The van der Waals surface area contributed by atoms with Gasteiger partial charge in [-0.3, -0.25) is 19.1 Å². The number of hydrogen-bond donors (Lipinski definition) is 1. The number of carbonyl (C=O) groups is 1. The number of anilines is 1. The lowest BCUT2D eigenvalue weighted by Crippen LogP contribution is -2.43. The number of amides is 1. The lowest BCUT2D eigenvalue weighted by atomic mass is 9.87. The minimum absolute atomic E-state index is 0.0915. The van der Waals surface area contributed by atoms with E-state index in [9.17, 15) is 18.3 Å². The van der Waals surface area contributed by atoms with Crippen LogP contribution >= 0.6 is 0 Å². The lowest BCUT2D eigenvalue weighted by molar-refractivity contribution is -0.130. The normalized spacial score (nSPS) is 11.9. The number of carbonyl (C=O) groups excluding carboxylic acids is 1. The summed E-state index contributed by atoms with van der Waals surface area (Å²) < 4.78 is 29.2. The number of aliphatic hydroxyl groups excluding tert-OH is 1. The van der Waals surface area contributed by atoms with E-state index in [4.69, 9.17) is 0 Å². The highest BCUT2D eigenvalue weighted by molar-refractivity contribution is 7.92. The van der Waals surface area contributed by atoms with Crippen molar-refractivity contribution in [2.45, 2.75) is 44.0 Å². The Morgan fingerprint density at radius 3 is 2.33 bits per heavy atom. The molecule has 0 aliphatic rings. The maximum Gasteiger partial charge on any atom is 0.264 e. The first-order valence-corrected chi connectivity index (χ1v) is 14.3. The Labute approximate surface area is 230 Å². The van der Waals surface area contributed by atoms with Crippen LogP contribution in [0.5, 0.6) is 0 Å². The zero-order valence-corrected chi connectivity index (χ0v) is 23.3. The van der Waals surface area contributed by atoms with Crippen molar-refractivity contribution in [1.29, 1.82) is 0 Å². The zero-order chi connectivity index (χ0) is 28.0. The molecule has 9 heteroatoms. The molecule has 1 amide bonds. The van der Waals surface area contributed by atoms with Crippen molar-refractivity contribution in [3.63, 3.8) is 0 Å². The quantitative estimate of drug-likeness (QED) is 0.313. The molecule has 2 aromatic heterocycles. The van der Waals surface area contributed by atoms with E-state index in [2.05, 4.69) is 30.7 Å². The molecule has 0 radical (unpaired) electrons. The van der Waals surface area contributed by atoms with Crippen molar-refractivity contribution < 1.29 is 18.3 Å². The van der Waals surface area contributed by atoms with Crippen LogP contribution < -0.4 is 4.31 Å². The van der Waals surface area contributed by atoms with E-state index in [-0.39, 0.29) is 30.0 Å². The minimum atomic E-state index is -4.11. The van der Waals surface area contributed by atoms with Crippen molar-refractivity contribution in [2.24, 2.45) is 0 Å². The highest BCUT2D eigenvalue weighted by atomic mass is 32.2. The highest BCUT2D eigenvalue weighted by Gasteiger charge is 2.30. The lowest BCUT2D eigenvalue weighted by Gasteiger charge is -2.29. The van der Waals surface area contributed by atoms with Crippen LogP contribution in [0.25, 0.3) is 10.9 Å². The third kappa shape index (κ3) is 6.79. The van der Waals surface area contributed by atoms with Gasteiger partial charge in [-0.15, -0.1) is 0 Å². The Bertz CT molecular complexity index is 1520. The molecule has 0 saturated heterocycles. The molecule has 8 nitrogen and oxygen atoms in total. The number of benzene rings is 2. The van der Waals surface area contributed by atoms with Crippen molar-refractivity contribution in [3.8, 4) is 0 Å². The predicted octanol–water partition coefficient (Wildman–Crippen LogP) is 4.53. The SMILES string of the molecule is CC(C)(C)c1ccc(S(=O)(=O)N(CC(=O)N(CCCO)Cc2ccccn2)c2ccc3ncccc3c2)cc1. The van der Waals surface area contributed by atoms with Crippen molar-refractivity contribution in [2.75, 3.05) is 24.0 Å². The molecule has 0 fully saturated rings. The fourth-order valence-electron chi connectivity index (χ4n) is 4.25. The Morgan fingerprint density at radius 1 is 0.923 bits per heavy atom. The molecule has 0 aliphatic heterocycles. The first-order chi connectivity index (χ1) is 18.6. The van der Waals surface area contributed by atoms with Crippen LogP contribution in [0.2, 0.25) is 0 Å². The van der Waals surface area contributed by atoms with Gasteiger partial charge < -0.3 is 10.0 Å². The summed E-state index contributed by atoms with van der Waals surface area (Å²) in [4.78, 5) is 23.9. The Morgan fingerprint density at radius 2 is 1.67 bits per heavy atom. The fraction of sp³-hybridized carbons (Fsp3) is 0.300. The molecule has 0 atom stereocenters.